The molecule has 2 heterocycles. The van der Waals surface area contributed by atoms with Crippen molar-refractivity contribution in [2.24, 2.45) is 0 Å². The average Bonchev–Trinajstić information content (AvgIpc) is 3.22. The van der Waals surface area contributed by atoms with E-state index in [4.69, 9.17) is 16.3 Å². The van der Waals surface area contributed by atoms with Crippen LogP contribution in [-0.4, -0.2) is 34.9 Å². The summed E-state index contributed by atoms with van der Waals surface area (Å²) in [7, 11) is 0. The summed E-state index contributed by atoms with van der Waals surface area (Å²) in [6.07, 6.45) is 4.48. The molecule has 1 saturated heterocycles. The molecular formula is C17H20ClN3O2. The van der Waals surface area contributed by atoms with Gasteiger partial charge < -0.3 is 10.1 Å². The van der Waals surface area contributed by atoms with Crippen molar-refractivity contribution in [2.75, 3.05) is 13.2 Å². The SMILES string of the molecule is CCc1c(C(=O)NC[C@@H]2CCCO2)cnn1-c1ccccc1Cl. The summed E-state index contributed by atoms with van der Waals surface area (Å²) >= 11 is 6.25. The Balaban J connectivity index is 1.80. The van der Waals surface area contributed by atoms with E-state index in [1.165, 1.54) is 0 Å². The van der Waals surface area contributed by atoms with Crippen LogP contribution in [0.4, 0.5) is 0 Å². The summed E-state index contributed by atoms with van der Waals surface area (Å²) in [5.74, 6) is -0.115. The molecule has 0 spiro atoms. The van der Waals surface area contributed by atoms with Gasteiger partial charge in [-0.2, -0.15) is 5.10 Å². The number of benzene rings is 1. The topological polar surface area (TPSA) is 56.1 Å². The zero-order valence-electron chi connectivity index (χ0n) is 13.1. The number of amides is 1. The predicted molar refractivity (Wildman–Crippen MR) is 89.3 cm³/mol. The highest BCUT2D eigenvalue weighted by Gasteiger charge is 2.20. The first-order valence-electron chi connectivity index (χ1n) is 7.92. The van der Waals surface area contributed by atoms with Crippen LogP contribution < -0.4 is 5.32 Å². The highest BCUT2D eigenvalue weighted by Crippen LogP contribution is 2.23. The van der Waals surface area contributed by atoms with Crippen LogP contribution in [-0.2, 0) is 11.2 Å². The molecule has 1 fully saturated rings. The first-order valence-corrected chi connectivity index (χ1v) is 8.30. The van der Waals surface area contributed by atoms with Crippen molar-refractivity contribution in [1.29, 1.82) is 0 Å². The smallest absolute Gasteiger partial charge is 0.254 e. The van der Waals surface area contributed by atoms with Gasteiger partial charge >= 0.3 is 0 Å². The van der Waals surface area contributed by atoms with E-state index >= 15 is 0 Å². The van der Waals surface area contributed by atoms with E-state index in [9.17, 15) is 4.79 Å². The molecule has 122 valence electrons. The van der Waals surface area contributed by atoms with Crippen LogP contribution >= 0.6 is 11.6 Å². The van der Waals surface area contributed by atoms with Gasteiger partial charge in [0.05, 0.1) is 34.3 Å². The van der Waals surface area contributed by atoms with Crippen LogP contribution in [0.2, 0.25) is 5.02 Å². The molecule has 1 amide bonds. The van der Waals surface area contributed by atoms with Gasteiger partial charge in [0.25, 0.3) is 5.91 Å². The van der Waals surface area contributed by atoms with Gasteiger partial charge in [0.15, 0.2) is 0 Å². The number of carbonyl (C=O) groups excluding carboxylic acids is 1. The Morgan fingerprint density at radius 1 is 1.48 bits per heavy atom. The number of hydrogen-bond donors (Lipinski definition) is 1. The lowest BCUT2D eigenvalue weighted by Crippen LogP contribution is -2.32. The summed E-state index contributed by atoms with van der Waals surface area (Å²) in [6, 6.07) is 7.48. The standard InChI is InChI=1S/C17H20ClN3O2/c1-2-15-13(17(22)19-10-12-6-5-9-23-12)11-20-21(15)16-8-4-3-7-14(16)18/h3-4,7-8,11-12H,2,5-6,9-10H2,1H3,(H,19,22)/t12-/m0/s1. The van der Waals surface area contributed by atoms with E-state index < -0.39 is 0 Å². The van der Waals surface area contributed by atoms with Crippen LogP contribution in [0.1, 0.15) is 35.8 Å². The third-order valence-corrected chi connectivity index (χ3v) is 4.36. The zero-order valence-corrected chi connectivity index (χ0v) is 13.8. The quantitative estimate of drug-likeness (QED) is 0.915. The molecular weight excluding hydrogens is 314 g/mol. The Kier molecular flexibility index (Phi) is 4.98. The second-order valence-electron chi connectivity index (χ2n) is 5.57. The Hall–Kier alpha value is -1.85. The van der Waals surface area contributed by atoms with Gasteiger partial charge in [-0.3, -0.25) is 4.79 Å². The van der Waals surface area contributed by atoms with Crippen LogP contribution in [0.3, 0.4) is 0 Å². The number of nitrogens with one attached hydrogen (secondary N) is 1. The highest BCUT2D eigenvalue weighted by atomic mass is 35.5. The Morgan fingerprint density at radius 3 is 3.00 bits per heavy atom. The highest BCUT2D eigenvalue weighted by molar-refractivity contribution is 6.32. The van der Waals surface area contributed by atoms with Crippen LogP contribution in [0, 0.1) is 0 Å². The summed E-state index contributed by atoms with van der Waals surface area (Å²) in [4.78, 5) is 12.5. The fourth-order valence-electron chi connectivity index (χ4n) is 2.84. The van der Waals surface area contributed by atoms with E-state index in [0.717, 1.165) is 30.8 Å². The molecule has 0 radical (unpaired) electrons. The van der Waals surface area contributed by atoms with Crippen molar-refractivity contribution >= 4 is 17.5 Å². The van der Waals surface area contributed by atoms with Gasteiger partial charge in [-0.1, -0.05) is 30.7 Å². The van der Waals surface area contributed by atoms with E-state index in [1.54, 1.807) is 10.9 Å². The van der Waals surface area contributed by atoms with Gasteiger partial charge in [-0.15, -0.1) is 0 Å². The number of halogens is 1. The molecule has 1 N–H and O–H groups in total. The second kappa shape index (κ2) is 7.15. The molecule has 1 aliphatic heterocycles. The van der Waals surface area contributed by atoms with Crippen LogP contribution in [0.15, 0.2) is 30.5 Å². The molecule has 0 saturated carbocycles. The zero-order chi connectivity index (χ0) is 16.2. The van der Waals surface area contributed by atoms with Crippen molar-refractivity contribution in [1.82, 2.24) is 15.1 Å². The molecule has 3 rings (SSSR count). The number of aromatic nitrogens is 2. The minimum absolute atomic E-state index is 0.115. The fraction of sp³-hybridized carbons (Fsp3) is 0.412. The summed E-state index contributed by atoms with van der Waals surface area (Å²) in [5, 5.41) is 7.91. The summed E-state index contributed by atoms with van der Waals surface area (Å²) < 4.78 is 7.27. The van der Waals surface area contributed by atoms with Crippen LogP contribution in [0.5, 0.6) is 0 Å². The number of nitrogens with zero attached hydrogens (tertiary/aromatic N) is 2. The van der Waals surface area contributed by atoms with E-state index in [2.05, 4.69) is 10.4 Å². The van der Waals surface area contributed by atoms with Crippen molar-refractivity contribution in [2.45, 2.75) is 32.3 Å². The van der Waals surface area contributed by atoms with Crippen molar-refractivity contribution in [3.8, 4) is 5.69 Å². The van der Waals surface area contributed by atoms with Crippen molar-refractivity contribution in [3.63, 3.8) is 0 Å². The minimum atomic E-state index is -0.115. The number of rotatable bonds is 5. The maximum absolute atomic E-state index is 12.5. The predicted octanol–water partition coefficient (Wildman–Crippen LogP) is 3.00. The molecule has 1 aromatic heterocycles. The fourth-order valence-corrected chi connectivity index (χ4v) is 3.06. The number of carbonyl (C=O) groups is 1. The molecule has 2 aromatic rings. The lowest BCUT2D eigenvalue weighted by Gasteiger charge is -2.12. The molecule has 0 unspecified atom stereocenters. The number of para-hydroxylation sites is 1. The lowest BCUT2D eigenvalue weighted by molar-refractivity contribution is 0.0857. The van der Waals surface area contributed by atoms with Crippen LogP contribution in [0.25, 0.3) is 5.69 Å². The van der Waals surface area contributed by atoms with E-state index in [-0.39, 0.29) is 12.0 Å². The normalized spacial score (nSPS) is 17.4. The van der Waals surface area contributed by atoms with Gasteiger partial charge in [-0.25, -0.2) is 4.68 Å². The third kappa shape index (κ3) is 3.41. The van der Waals surface area contributed by atoms with Gasteiger partial charge in [0.2, 0.25) is 0 Å². The second-order valence-corrected chi connectivity index (χ2v) is 5.97. The first-order chi connectivity index (χ1) is 11.2. The van der Waals surface area contributed by atoms with Gasteiger partial charge in [-0.05, 0) is 31.4 Å². The molecule has 6 heteroatoms. The minimum Gasteiger partial charge on any atom is -0.376 e. The maximum atomic E-state index is 12.5. The van der Waals surface area contributed by atoms with E-state index in [0.29, 0.717) is 23.6 Å². The summed E-state index contributed by atoms with van der Waals surface area (Å²) in [5.41, 5.74) is 2.22. The largest absolute Gasteiger partial charge is 0.376 e. The average molecular weight is 334 g/mol. The number of ether oxygens (including phenoxy) is 1. The van der Waals surface area contributed by atoms with Crippen molar-refractivity contribution < 1.29 is 9.53 Å². The van der Waals surface area contributed by atoms with Gasteiger partial charge in [0.1, 0.15) is 0 Å². The molecule has 1 aromatic carbocycles. The molecule has 23 heavy (non-hydrogen) atoms. The maximum Gasteiger partial charge on any atom is 0.254 e. The lowest BCUT2D eigenvalue weighted by atomic mass is 10.1. The Morgan fingerprint density at radius 2 is 2.30 bits per heavy atom. The third-order valence-electron chi connectivity index (χ3n) is 4.04. The van der Waals surface area contributed by atoms with Crippen molar-refractivity contribution in [3.05, 3.63) is 46.7 Å². The monoisotopic (exact) mass is 333 g/mol. The molecule has 0 aliphatic carbocycles. The van der Waals surface area contributed by atoms with E-state index in [1.807, 2.05) is 31.2 Å². The Bertz CT molecular complexity index is 693. The molecule has 5 nitrogen and oxygen atoms in total. The van der Waals surface area contributed by atoms with Gasteiger partial charge in [0, 0.05) is 13.2 Å². The molecule has 0 bridgehead atoms. The first kappa shape index (κ1) is 16.0. The number of hydrogen-bond acceptors (Lipinski definition) is 3. The Labute approximate surface area is 140 Å². The summed E-state index contributed by atoms with van der Waals surface area (Å²) in [6.45, 7) is 3.33. The molecule has 1 atom stereocenters. The molecule has 1 aliphatic rings.